The average Bonchev–Trinajstić information content (AvgIpc) is 2.48. The number of fused-ring (bicyclic) bond motifs is 2. The molecular weight excluding hydrogens is 238 g/mol. The third kappa shape index (κ3) is 1.44. The predicted molar refractivity (Wildman–Crippen MR) is 66.3 cm³/mol. The predicted octanol–water partition coefficient (Wildman–Crippen LogP) is 2.05. The third-order valence-electron chi connectivity index (χ3n) is 3.31. The van der Waals surface area contributed by atoms with Crippen molar-refractivity contribution in [1.29, 1.82) is 0 Å². The van der Waals surface area contributed by atoms with Crippen LogP contribution in [0, 0.1) is 0 Å². The second-order valence-electron chi connectivity index (χ2n) is 4.81. The minimum Gasteiger partial charge on any atom is -0.324 e. The van der Waals surface area contributed by atoms with Crippen molar-refractivity contribution in [3.05, 3.63) is 28.8 Å². The van der Waals surface area contributed by atoms with E-state index >= 15 is 0 Å². The first-order valence-electron chi connectivity index (χ1n) is 5.45. The number of hydrogen-bond donors (Lipinski definition) is 1. The summed E-state index contributed by atoms with van der Waals surface area (Å²) >= 11 is 5.97. The first kappa shape index (κ1) is 10.6. The molecule has 2 heterocycles. The van der Waals surface area contributed by atoms with Crippen molar-refractivity contribution in [3.63, 3.8) is 0 Å². The van der Waals surface area contributed by atoms with Crippen LogP contribution in [0.4, 0.5) is 5.69 Å². The summed E-state index contributed by atoms with van der Waals surface area (Å²) in [4.78, 5) is 18.2. The Balaban J connectivity index is 2.10. The summed E-state index contributed by atoms with van der Waals surface area (Å²) in [5.74, 6) is 0.616. The Kier molecular flexibility index (Phi) is 2.01. The summed E-state index contributed by atoms with van der Waals surface area (Å²) in [6.45, 7) is 4.43. The summed E-state index contributed by atoms with van der Waals surface area (Å²) in [5, 5.41) is 3.50. The SMILES string of the molecule is CC1(C)C(=O)NC2=Nc3ccc(Cl)cc3CN21. The maximum atomic E-state index is 11.8. The van der Waals surface area contributed by atoms with Crippen molar-refractivity contribution in [2.24, 2.45) is 4.99 Å². The van der Waals surface area contributed by atoms with Crippen molar-refractivity contribution >= 4 is 29.2 Å². The molecule has 1 aromatic rings. The summed E-state index contributed by atoms with van der Waals surface area (Å²) in [6, 6.07) is 5.58. The van der Waals surface area contributed by atoms with E-state index < -0.39 is 5.54 Å². The van der Waals surface area contributed by atoms with Gasteiger partial charge in [0.15, 0.2) is 0 Å². The summed E-state index contributed by atoms with van der Waals surface area (Å²) in [5.41, 5.74) is 1.36. The van der Waals surface area contributed by atoms with Gasteiger partial charge in [-0.15, -0.1) is 0 Å². The molecule has 0 radical (unpaired) electrons. The molecule has 0 spiro atoms. The Morgan fingerprint density at radius 2 is 2.24 bits per heavy atom. The zero-order chi connectivity index (χ0) is 12.2. The molecule has 0 aliphatic carbocycles. The highest BCUT2D eigenvalue weighted by molar-refractivity contribution is 6.30. The van der Waals surface area contributed by atoms with Gasteiger partial charge >= 0.3 is 0 Å². The van der Waals surface area contributed by atoms with E-state index in [1.54, 1.807) is 0 Å². The molecule has 1 fully saturated rings. The zero-order valence-electron chi connectivity index (χ0n) is 9.62. The molecule has 0 unspecified atom stereocenters. The smallest absolute Gasteiger partial charge is 0.252 e. The molecule has 0 bridgehead atoms. The lowest BCUT2D eigenvalue weighted by atomic mass is 10.0. The molecule has 1 saturated heterocycles. The number of hydrogen-bond acceptors (Lipinski definition) is 3. The number of amides is 1. The van der Waals surface area contributed by atoms with Gasteiger partial charge in [0.2, 0.25) is 5.96 Å². The van der Waals surface area contributed by atoms with E-state index in [-0.39, 0.29) is 5.91 Å². The lowest BCUT2D eigenvalue weighted by molar-refractivity contribution is -0.125. The van der Waals surface area contributed by atoms with Gasteiger partial charge < -0.3 is 4.90 Å². The van der Waals surface area contributed by atoms with Gasteiger partial charge in [-0.3, -0.25) is 10.1 Å². The Hall–Kier alpha value is -1.55. The van der Waals surface area contributed by atoms with Crippen LogP contribution in [-0.4, -0.2) is 22.3 Å². The monoisotopic (exact) mass is 249 g/mol. The van der Waals surface area contributed by atoms with Crippen molar-refractivity contribution < 1.29 is 4.79 Å². The quantitative estimate of drug-likeness (QED) is 0.765. The van der Waals surface area contributed by atoms with Crippen LogP contribution >= 0.6 is 11.6 Å². The Bertz CT molecular complexity index is 551. The van der Waals surface area contributed by atoms with E-state index in [4.69, 9.17) is 11.6 Å². The number of rotatable bonds is 0. The fourth-order valence-corrected chi connectivity index (χ4v) is 2.34. The standard InChI is InChI=1S/C12H12ClN3O/c1-12(2)10(17)15-11-14-9-4-3-8(13)5-7(9)6-16(11)12/h3-5H,6H2,1-2H3,(H,14,15,17). The Labute approximate surface area is 104 Å². The molecule has 1 N–H and O–H groups in total. The van der Waals surface area contributed by atoms with Gasteiger partial charge in [0, 0.05) is 11.6 Å². The second-order valence-corrected chi connectivity index (χ2v) is 5.24. The summed E-state index contributed by atoms with van der Waals surface area (Å²) < 4.78 is 0. The van der Waals surface area contributed by atoms with Crippen LogP contribution in [-0.2, 0) is 11.3 Å². The molecule has 5 heteroatoms. The van der Waals surface area contributed by atoms with Crippen molar-refractivity contribution in [2.45, 2.75) is 25.9 Å². The highest BCUT2D eigenvalue weighted by Gasteiger charge is 2.45. The molecule has 1 aromatic carbocycles. The summed E-state index contributed by atoms with van der Waals surface area (Å²) in [7, 11) is 0. The molecular formula is C12H12ClN3O. The lowest BCUT2D eigenvalue weighted by Gasteiger charge is -2.32. The normalized spacial score (nSPS) is 20.5. The van der Waals surface area contributed by atoms with Crippen LogP contribution in [0.25, 0.3) is 0 Å². The van der Waals surface area contributed by atoms with Gasteiger partial charge in [0.05, 0.1) is 5.69 Å². The first-order valence-corrected chi connectivity index (χ1v) is 5.82. The van der Waals surface area contributed by atoms with Crippen LogP contribution in [0.2, 0.25) is 5.02 Å². The Morgan fingerprint density at radius 3 is 3.00 bits per heavy atom. The van der Waals surface area contributed by atoms with E-state index in [9.17, 15) is 4.79 Å². The van der Waals surface area contributed by atoms with Crippen LogP contribution in [0.5, 0.6) is 0 Å². The van der Waals surface area contributed by atoms with Crippen LogP contribution < -0.4 is 5.32 Å². The molecule has 0 atom stereocenters. The number of nitrogens with one attached hydrogen (secondary N) is 1. The number of nitrogens with zero attached hydrogens (tertiary/aromatic N) is 2. The van der Waals surface area contributed by atoms with Gasteiger partial charge in [0.1, 0.15) is 5.54 Å². The lowest BCUT2D eigenvalue weighted by Crippen LogP contribution is -2.44. The molecule has 17 heavy (non-hydrogen) atoms. The molecule has 2 aliphatic rings. The average molecular weight is 250 g/mol. The molecule has 0 aromatic heterocycles. The maximum absolute atomic E-state index is 11.8. The van der Waals surface area contributed by atoms with E-state index in [2.05, 4.69) is 10.3 Å². The number of halogens is 1. The molecule has 2 aliphatic heterocycles. The van der Waals surface area contributed by atoms with Gasteiger partial charge in [-0.25, -0.2) is 4.99 Å². The fourth-order valence-electron chi connectivity index (χ4n) is 2.14. The highest BCUT2D eigenvalue weighted by atomic mass is 35.5. The molecule has 4 nitrogen and oxygen atoms in total. The van der Waals surface area contributed by atoms with Crippen molar-refractivity contribution in [2.75, 3.05) is 0 Å². The number of guanidine groups is 1. The van der Waals surface area contributed by atoms with Crippen molar-refractivity contribution in [1.82, 2.24) is 10.2 Å². The third-order valence-corrected chi connectivity index (χ3v) is 3.54. The molecule has 1 amide bonds. The first-order chi connectivity index (χ1) is 7.98. The van der Waals surface area contributed by atoms with Gasteiger partial charge in [-0.2, -0.15) is 0 Å². The number of carbonyl (C=O) groups is 1. The zero-order valence-corrected chi connectivity index (χ0v) is 10.4. The fraction of sp³-hybridized carbons (Fsp3) is 0.333. The van der Waals surface area contributed by atoms with E-state index in [0.29, 0.717) is 17.5 Å². The van der Waals surface area contributed by atoms with Gasteiger partial charge in [0.25, 0.3) is 5.91 Å². The van der Waals surface area contributed by atoms with Crippen molar-refractivity contribution in [3.8, 4) is 0 Å². The van der Waals surface area contributed by atoms with Gasteiger partial charge in [-0.05, 0) is 37.6 Å². The van der Waals surface area contributed by atoms with E-state index in [1.807, 2.05) is 36.9 Å². The Morgan fingerprint density at radius 1 is 1.47 bits per heavy atom. The largest absolute Gasteiger partial charge is 0.324 e. The number of carbonyl (C=O) groups excluding carboxylic acids is 1. The summed E-state index contributed by atoms with van der Waals surface area (Å²) in [6.07, 6.45) is 0. The van der Waals surface area contributed by atoms with E-state index in [0.717, 1.165) is 11.3 Å². The highest BCUT2D eigenvalue weighted by Crippen LogP contribution is 2.34. The van der Waals surface area contributed by atoms with E-state index in [1.165, 1.54) is 0 Å². The van der Waals surface area contributed by atoms with Gasteiger partial charge in [-0.1, -0.05) is 11.6 Å². The maximum Gasteiger partial charge on any atom is 0.252 e. The van der Waals surface area contributed by atoms with Crippen LogP contribution in [0.3, 0.4) is 0 Å². The van der Waals surface area contributed by atoms with Crippen LogP contribution in [0.1, 0.15) is 19.4 Å². The molecule has 3 rings (SSSR count). The number of aliphatic imine (C=N–C) groups is 1. The minimum absolute atomic E-state index is 0.0184. The topological polar surface area (TPSA) is 44.7 Å². The minimum atomic E-state index is -0.557. The number of benzene rings is 1. The van der Waals surface area contributed by atoms with Crippen LogP contribution in [0.15, 0.2) is 23.2 Å². The molecule has 0 saturated carbocycles. The molecule has 88 valence electrons. The second kappa shape index (κ2) is 3.23.